The van der Waals surface area contributed by atoms with Crippen molar-refractivity contribution < 1.29 is 52.2 Å². The molecular formula is C54H97O11P. The second kappa shape index (κ2) is 48.9. The number of hydrogen-bond acceptors (Lipinski definition) is 10. The molecule has 0 aliphatic carbocycles. The largest absolute Gasteiger partial charge is 0.472 e. The first kappa shape index (κ1) is 63.4. The van der Waals surface area contributed by atoms with Gasteiger partial charge in [0.1, 0.15) is 12.7 Å². The monoisotopic (exact) mass is 953 g/mol. The molecule has 0 aliphatic heterocycles. The van der Waals surface area contributed by atoms with Crippen LogP contribution in [-0.4, -0.2) is 66.5 Å². The van der Waals surface area contributed by atoms with Crippen LogP contribution < -0.4 is 0 Å². The molecular weight excluding hydrogens is 856 g/mol. The maximum Gasteiger partial charge on any atom is 0.472 e. The summed E-state index contributed by atoms with van der Waals surface area (Å²) < 4.78 is 39.3. The van der Waals surface area contributed by atoms with Gasteiger partial charge < -0.3 is 24.2 Å². The maximum absolute atomic E-state index is 12.8. The first-order valence-electron chi connectivity index (χ1n) is 26.5. The number of carbonyl (C=O) groups excluding carboxylic acids is 3. The zero-order valence-electron chi connectivity index (χ0n) is 42.2. The molecule has 0 aromatic heterocycles. The quantitative estimate of drug-likeness (QED) is 0.0197. The molecule has 11 nitrogen and oxygen atoms in total. The summed E-state index contributed by atoms with van der Waals surface area (Å²) in [4.78, 5) is 48.3. The maximum atomic E-state index is 12.8. The van der Waals surface area contributed by atoms with Crippen molar-refractivity contribution in [3.05, 3.63) is 48.6 Å². The van der Waals surface area contributed by atoms with Gasteiger partial charge in [-0.1, -0.05) is 211 Å². The Hall–Kier alpha value is -2.56. The summed E-state index contributed by atoms with van der Waals surface area (Å²) in [7, 11) is -4.74. The van der Waals surface area contributed by atoms with Crippen molar-refractivity contribution in [3.8, 4) is 0 Å². The van der Waals surface area contributed by atoms with Crippen molar-refractivity contribution in [1.29, 1.82) is 0 Å². The fourth-order valence-corrected chi connectivity index (χ4v) is 8.01. The van der Waals surface area contributed by atoms with Crippen LogP contribution in [0.4, 0.5) is 0 Å². The molecule has 0 saturated carbocycles. The van der Waals surface area contributed by atoms with E-state index in [1.54, 1.807) is 0 Å². The Morgan fingerprint density at radius 1 is 0.439 bits per heavy atom. The van der Waals surface area contributed by atoms with Gasteiger partial charge in [0.25, 0.3) is 0 Å². The van der Waals surface area contributed by atoms with Crippen LogP contribution in [0.1, 0.15) is 239 Å². The molecule has 0 saturated heterocycles. The third-order valence-corrected chi connectivity index (χ3v) is 12.2. The molecule has 384 valence electrons. The molecule has 3 unspecified atom stereocenters. The first-order chi connectivity index (χ1) is 32.2. The molecule has 0 radical (unpaired) electrons. The zero-order chi connectivity index (χ0) is 48.4. The Morgan fingerprint density at radius 2 is 0.788 bits per heavy atom. The third kappa shape index (κ3) is 46.5. The number of carbonyl (C=O) groups is 3. The number of phosphoric ester groups is 1. The van der Waals surface area contributed by atoms with Crippen LogP contribution in [0.3, 0.4) is 0 Å². The minimum atomic E-state index is -4.74. The summed E-state index contributed by atoms with van der Waals surface area (Å²) >= 11 is 0. The van der Waals surface area contributed by atoms with E-state index >= 15 is 0 Å². The first-order valence-corrected chi connectivity index (χ1v) is 28.0. The predicted molar refractivity (Wildman–Crippen MR) is 270 cm³/mol. The molecule has 3 atom stereocenters. The van der Waals surface area contributed by atoms with Crippen molar-refractivity contribution in [1.82, 2.24) is 0 Å². The Bertz CT molecular complexity index is 1300. The molecule has 0 aliphatic rings. The second-order valence-corrected chi connectivity index (χ2v) is 19.1. The van der Waals surface area contributed by atoms with E-state index in [2.05, 4.69) is 69.4 Å². The Balaban J connectivity index is 4.78. The molecule has 0 spiro atoms. The van der Waals surface area contributed by atoms with E-state index < -0.39 is 57.8 Å². The van der Waals surface area contributed by atoms with Gasteiger partial charge in [0.05, 0.1) is 19.8 Å². The van der Waals surface area contributed by atoms with E-state index in [4.69, 9.17) is 23.3 Å². The van der Waals surface area contributed by atoms with E-state index in [1.807, 2.05) is 0 Å². The van der Waals surface area contributed by atoms with Gasteiger partial charge in [-0.15, -0.1) is 0 Å². The van der Waals surface area contributed by atoms with Crippen LogP contribution in [0.2, 0.25) is 0 Å². The van der Waals surface area contributed by atoms with E-state index in [1.165, 1.54) is 103 Å². The van der Waals surface area contributed by atoms with Crippen molar-refractivity contribution in [2.24, 2.45) is 0 Å². The van der Waals surface area contributed by atoms with Gasteiger partial charge in [0.15, 0.2) is 6.10 Å². The van der Waals surface area contributed by atoms with Crippen LogP contribution in [0, 0.1) is 0 Å². The Morgan fingerprint density at radius 3 is 1.21 bits per heavy atom. The molecule has 0 heterocycles. The number of aliphatic hydroxyl groups is 1. The van der Waals surface area contributed by atoms with Crippen LogP contribution in [-0.2, 0) is 42.2 Å². The summed E-state index contributed by atoms with van der Waals surface area (Å²) in [5.41, 5.74) is 0. The van der Waals surface area contributed by atoms with E-state index in [9.17, 15) is 28.9 Å². The summed E-state index contributed by atoms with van der Waals surface area (Å²) in [6, 6.07) is 0. The molecule has 0 amide bonds. The highest BCUT2D eigenvalue weighted by Crippen LogP contribution is 2.43. The number of allylic oxidation sites excluding steroid dienone is 8. The van der Waals surface area contributed by atoms with E-state index in [0.717, 1.165) is 77.0 Å². The van der Waals surface area contributed by atoms with Crippen molar-refractivity contribution in [3.63, 3.8) is 0 Å². The number of ether oxygens (including phenoxy) is 3. The zero-order valence-corrected chi connectivity index (χ0v) is 43.1. The van der Waals surface area contributed by atoms with Crippen LogP contribution in [0.15, 0.2) is 48.6 Å². The molecule has 0 fully saturated rings. The molecule has 0 bridgehead atoms. The molecule has 0 rings (SSSR count). The topological polar surface area (TPSA) is 155 Å². The summed E-state index contributed by atoms with van der Waals surface area (Å²) in [5, 5.41) is 9.74. The number of hydrogen-bond donors (Lipinski definition) is 2. The van der Waals surface area contributed by atoms with Gasteiger partial charge in [-0.25, -0.2) is 4.57 Å². The SMILES string of the molecule is CC/C=C\C/C=C\C/C=C\C/C=C\CCCCC(=O)OCC(COP(=O)(O)OCC(CO)OC(=O)CCCCCCCCCCC)OC(=O)CCCCCCCCCCCCCCCCC. The number of esters is 3. The highest BCUT2D eigenvalue weighted by Gasteiger charge is 2.28. The predicted octanol–water partition coefficient (Wildman–Crippen LogP) is 15.0. The number of phosphoric acid groups is 1. The number of unbranched alkanes of at least 4 members (excludes halogenated alkanes) is 24. The van der Waals surface area contributed by atoms with Crippen molar-refractivity contribution in [2.45, 2.75) is 251 Å². The smallest absolute Gasteiger partial charge is 0.462 e. The van der Waals surface area contributed by atoms with E-state index in [-0.39, 0.29) is 25.9 Å². The van der Waals surface area contributed by atoms with Crippen LogP contribution in [0.25, 0.3) is 0 Å². The second-order valence-electron chi connectivity index (χ2n) is 17.7. The number of rotatable bonds is 49. The average molecular weight is 953 g/mol. The standard InChI is InChI=1S/C54H97O11P/c1-4-7-10-13-16-19-21-23-25-27-29-32-34-37-40-43-52(56)61-47-51(65-54(58)45-42-39-36-33-30-28-26-24-22-20-17-14-11-8-5-2)49-63-66(59,60)62-48-50(46-55)64-53(57)44-41-38-35-31-18-15-12-9-6-3/h7,10,16,19,23,25,29,32,50-51,55H,4-6,8-9,11-15,17-18,20-22,24,26-28,30-31,33-49H2,1-3H3,(H,59,60)/b10-7-,19-16-,25-23-,32-29-. The number of aliphatic hydroxyl groups excluding tert-OH is 1. The van der Waals surface area contributed by atoms with Crippen molar-refractivity contribution >= 4 is 25.7 Å². The van der Waals surface area contributed by atoms with Gasteiger partial charge in [0, 0.05) is 19.3 Å². The highest BCUT2D eigenvalue weighted by molar-refractivity contribution is 7.47. The summed E-state index contributed by atoms with van der Waals surface area (Å²) in [6.07, 6.45) is 49.5. The Labute approximate surface area is 403 Å². The minimum absolute atomic E-state index is 0.163. The average Bonchev–Trinajstić information content (AvgIpc) is 3.30. The fourth-order valence-electron chi connectivity index (χ4n) is 7.23. The lowest BCUT2D eigenvalue weighted by atomic mass is 10.0. The fraction of sp³-hybridized carbons (Fsp3) is 0.796. The Kier molecular flexibility index (Phi) is 47.0. The summed E-state index contributed by atoms with van der Waals surface area (Å²) in [5.74, 6) is -1.51. The summed E-state index contributed by atoms with van der Waals surface area (Å²) in [6.45, 7) is 4.47. The highest BCUT2D eigenvalue weighted by atomic mass is 31.2. The normalized spacial score (nSPS) is 13.8. The van der Waals surface area contributed by atoms with Crippen LogP contribution in [0.5, 0.6) is 0 Å². The lowest BCUT2D eigenvalue weighted by Crippen LogP contribution is -2.30. The lowest BCUT2D eigenvalue weighted by molar-refractivity contribution is -0.161. The van der Waals surface area contributed by atoms with Gasteiger partial charge in [-0.2, -0.15) is 0 Å². The lowest BCUT2D eigenvalue weighted by Gasteiger charge is -2.21. The molecule has 0 aromatic carbocycles. The van der Waals surface area contributed by atoms with Gasteiger partial charge in [-0.05, 0) is 57.8 Å². The van der Waals surface area contributed by atoms with Gasteiger partial charge in [0.2, 0.25) is 0 Å². The molecule has 0 aromatic rings. The molecule has 66 heavy (non-hydrogen) atoms. The van der Waals surface area contributed by atoms with E-state index in [0.29, 0.717) is 19.3 Å². The molecule has 12 heteroatoms. The van der Waals surface area contributed by atoms with Gasteiger partial charge >= 0.3 is 25.7 Å². The van der Waals surface area contributed by atoms with Gasteiger partial charge in [-0.3, -0.25) is 23.4 Å². The minimum Gasteiger partial charge on any atom is -0.462 e. The third-order valence-electron chi connectivity index (χ3n) is 11.3. The molecule has 2 N–H and O–H groups in total. The van der Waals surface area contributed by atoms with Crippen molar-refractivity contribution in [2.75, 3.05) is 26.4 Å². The van der Waals surface area contributed by atoms with Crippen LogP contribution >= 0.6 is 7.82 Å².